The highest BCUT2D eigenvalue weighted by Gasteiger charge is 2.94. The molecule has 0 radical (unpaired) electrons. The molecule has 2 saturated carbocycles. The van der Waals surface area contributed by atoms with Gasteiger partial charge in [0, 0.05) is 18.8 Å². The first-order chi connectivity index (χ1) is 13.2. The first kappa shape index (κ1) is 20.8. The fourth-order valence-corrected chi connectivity index (χ4v) is 7.23. The summed E-state index contributed by atoms with van der Waals surface area (Å²) in [7, 11) is 0. The Balaban J connectivity index is 2.10. The lowest BCUT2D eigenvalue weighted by Gasteiger charge is -2.60. The number of fused-ring (bicyclic) bond motifs is 2. The van der Waals surface area contributed by atoms with Crippen molar-refractivity contribution >= 4 is 11.9 Å². The molecule has 162 valence electrons. The van der Waals surface area contributed by atoms with Crippen LogP contribution in [0.1, 0.15) is 67.2 Å². The highest BCUT2D eigenvalue weighted by Crippen LogP contribution is 2.77. The number of rotatable bonds is 2. The Morgan fingerprint density at radius 3 is 2.38 bits per heavy atom. The van der Waals surface area contributed by atoms with Crippen LogP contribution in [-0.2, 0) is 19.1 Å². The van der Waals surface area contributed by atoms with Crippen LogP contribution >= 0.6 is 0 Å². The largest absolute Gasteiger partial charge is 0.458 e. The zero-order chi connectivity index (χ0) is 21.8. The van der Waals surface area contributed by atoms with E-state index in [1.165, 1.54) is 6.92 Å². The Morgan fingerprint density at radius 1 is 1.21 bits per heavy atom. The van der Waals surface area contributed by atoms with Gasteiger partial charge in [-0.2, -0.15) is 0 Å². The van der Waals surface area contributed by atoms with E-state index in [-0.39, 0.29) is 31.1 Å². The molecule has 7 nitrogen and oxygen atoms in total. The Labute approximate surface area is 171 Å². The lowest BCUT2D eigenvalue weighted by atomic mass is 9.55. The van der Waals surface area contributed by atoms with E-state index in [0.717, 1.165) is 5.57 Å². The summed E-state index contributed by atoms with van der Waals surface area (Å²) in [4.78, 5) is 24.8. The van der Waals surface area contributed by atoms with Gasteiger partial charge in [0.2, 0.25) is 5.60 Å². The molecule has 4 rings (SSSR count). The summed E-state index contributed by atoms with van der Waals surface area (Å²) in [5.74, 6) is -1.44. The second-order valence-electron chi connectivity index (χ2n) is 10.2. The monoisotopic (exact) mass is 408 g/mol. The summed E-state index contributed by atoms with van der Waals surface area (Å²) in [6.07, 6.45) is -0.433. The smallest absolute Gasteiger partial charge is 0.307 e. The maximum absolute atomic E-state index is 12.8. The number of hydrogen-bond donors (Lipinski definition) is 3. The third kappa shape index (κ3) is 1.87. The molecule has 29 heavy (non-hydrogen) atoms. The van der Waals surface area contributed by atoms with E-state index < -0.39 is 45.9 Å². The van der Waals surface area contributed by atoms with Crippen LogP contribution < -0.4 is 0 Å². The van der Waals surface area contributed by atoms with Gasteiger partial charge in [0.15, 0.2) is 11.7 Å². The topological polar surface area (TPSA) is 113 Å². The quantitative estimate of drug-likeness (QED) is 0.470. The number of carbonyl (C=O) groups is 2. The highest BCUT2D eigenvalue weighted by atomic mass is 16.6. The van der Waals surface area contributed by atoms with Crippen molar-refractivity contribution < 1.29 is 34.4 Å². The lowest BCUT2D eigenvalue weighted by Crippen LogP contribution is -2.78. The molecule has 1 heterocycles. The summed E-state index contributed by atoms with van der Waals surface area (Å²) in [6, 6.07) is 0. The van der Waals surface area contributed by atoms with Gasteiger partial charge in [0.1, 0.15) is 11.2 Å². The molecule has 3 N–H and O–H groups in total. The number of hydrogen-bond acceptors (Lipinski definition) is 7. The fourth-order valence-electron chi connectivity index (χ4n) is 7.23. The van der Waals surface area contributed by atoms with E-state index in [1.54, 1.807) is 13.8 Å². The molecular formula is C22H32O7. The molecule has 3 aliphatic carbocycles. The van der Waals surface area contributed by atoms with Gasteiger partial charge >= 0.3 is 11.9 Å². The third-order valence-electron chi connectivity index (χ3n) is 8.69. The Morgan fingerprint density at radius 2 is 1.83 bits per heavy atom. The molecule has 0 aromatic heterocycles. The van der Waals surface area contributed by atoms with Crippen molar-refractivity contribution in [2.45, 2.75) is 95.7 Å². The summed E-state index contributed by atoms with van der Waals surface area (Å²) in [6.45, 7) is 10.5. The molecule has 0 spiro atoms. The number of aliphatic hydroxyl groups is 3. The average Bonchev–Trinajstić information content (AvgIpc) is 2.84. The SMILES string of the molecule is CC(=O)O[C@@H]1[C@@H](C)CC[C@]2(O)[C@]3(C)CC(=O)O[C@]12[C@@]1(O)C(C)=C(C(C)C)C[C@@]31O. The number of ether oxygens (including phenoxy) is 2. The van der Waals surface area contributed by atoms with Crippen LogP contribution in [0.2, 0.25) is 0 Å². The molecule has 2 bridgehead atoms. The van der Waals surface area contributed by atoms with E-state index in [4.69, 9.17) is 9.47 Å². The number of esters is 2. The van der Waals surface area contributed by atoms with Crippen molar-refractivity contribution in [3.63, 3.8) is 0 Å². The van der Waals surface area contributed by atoms with Crippen LogP contribution in [0.15, 0.2) is 11.1 Å². The van der Waals surface area contributed by atoms with Crippen molar-refractivity contribution in [2.75, 3.05) is 0 Å². The molecule has 1 aliphatic heterocycles. The van der Waals surface area contributed by atoms with E-state index >= 15 is 0 Å². The van der Waals surface area contributed by atoms with Gasteiger partial charge in [-0.15, -0.1) is 0 Å². The fraction of sp³-hybridized carbons (Fsp3) is 0.818. The van der Waals surface area contributed by atoms with E-state index in [2.05, 4.69) is 0 Å². The Hall–Kier alpha value is -1.44. The highest BCUT2D eigenvalue weighted by molar-refractivity contribution is 5.77. The predicted octanol–water partition coefficient (Wildman–Crippen LogP) is 1.62. The van der Waals surface area contributed by atoms with Gasteiger partial charge in [-0.05, 0) is 37.2 Å². The Bertz CT molecular complexity index is 833. The van der Waals surface area contributed by atoms with E-state index in [9.17, 15) is 24.9 Å². The average molecular weight is 408 g/mol. The lowest BCUT2D eigenvalue weighted by molar-refractivity contribution is -0.309. The minimum absolute atomic E-state index is 0.0476. The van der Waals surface area contributed by atoms with Gasteiger partial charge in [-0.3, -0.25) is 9.59 Å². The Kier molecular flexibility index (Phi) is 4.04. The van der Waals surface area contributed by atoms with Crippen molar-refractivity contribution in [1.29, 1.82) is 0 Å². The molecule has 0 aromatic carbocycles. The molecular weight excluding hydrogens is 376 g/mol. The van der Waals surface area contributed by atoms with Gasteiger partial charge in [-0.25, -0.2) is 0 Å². The minimum atomic E-state index is -2.07. The third-order valence-corrected chi connectivity index (χ3v) is 8.69. The van der Waals surface area contributed by atoms with Gasteiger partial charge < -0.3 is 24.8 Å². The van der Waals surface area contributed by atoms with Crippen molar-refractivity contribution in [1.82, 2.24) is 0 Å². The second kappa shape index (κ2) is 5.62. The summed E-state index contributed by atoms with van der Waals surface area (Å²) < 4.78 is 11.5. The maximum Gasteiger partial charge on any atom is 0.307 e. The van der Waals surface area contributed by atoms with Crippen molar-refractivity contribution in [2.24, 2.45) is 17.3 Å². The standard InChI is InChI=1S/C22H32O7/c1-11(2)15-9-20(26)18(6)10-16(24)29-22(21(20,27)13(15)4)17(28-14(5)23)12(3)7-8-19(18,22)25/h11-12,17,25-27H,7-10H2,1-6H3/t12-,17+,18-,19-,20+,21+,22+/m0/s1. The number of carbonyl (C=O) groups excluding carboxylic acids is 2. The van der Waals surface area contributed by atoms with E-state index in [1.807, 2.05) is 20.8 Å². The summed E-state index contributed by atoms with van der Waals surface area (Å²) in [5, 5.41) is 36.6. The van der Waals surface area contributed by atoms with Crippen molar-refractivity contribution in [3.8, 4) is 0 Å². The minimum Gasteiger partial charge on any atom is -0.458 e. The van der Waals surface area contributed by atoms with Gasteiger partial charge in [0.25, 0.3) is 0 Å². The molecule has 0 unspecified atom stereocenters. The van der Waals surface area contributed by atoms with Crippen LogP contribution in [0.3, 0.4) is 0 Å². The molecule has 1 saturated heterocycles. The first-order valence-electron chi connectivity index (χ1n) is 10.5. The molecule has 7 heteroatoms. The first-order valence-corrected chi connectivity index (χ1v) is 10.5. The van der Waals surface area contributed by atoms with Crippen LogP contribution in [0.25, 0.3) is 0 Å². The van der Waals surface area contributed by atoms with Crippen molar-refractivity contribution in [3.05, 3.63) is 11.1 Å². The summed E-state index contributed by atoms with van der Waals surface area (Å²) in [5.41, 5.74) is -7.59. The zero-order valence-electron chi connectivity index (χ0n) is 18.0. The molecule has 0 amide bonds. The van der Waals surface area contributed by atoms with Gasteiger partial charge in [0.05, 0.1) is 6.42 Å². The van der Waals surface area contributed by atoms with Crippen LogP contribution in [0.4, 0.5) is 0 Å². The molecule has 7 atom stereocenters. The second-order valence-corrected chi connectivity index (χ2v) is 10.2. The van der Waals surface area contributed by atoms with Crippen LogP contribution in [0, 0.1) is 17.3 Å². The maximum atomic E-state index is 12.8. The van der Waals surface area contributed by atoms with E-state index in [0.29, 0.717) is 12.0 Å². The normalized spacial score (nSPS) is 51.0. The van der Waals surface area contributed by atoms with Crippen LogP contribution in [0.5, 0.6) is 0 Å². The summed E-state index contributed by atoms with van der Waals surface area (Å²) >= 11 is 0. The zero-order valence-corrected chi connectivity index (χ0v) is 18.0. The van der Waals surface area contributed by atoms with Crippen LogP contribution in [-0.4, -0.2) is 55.8 Å². The molecule has 0 aromatic rings. The predicted molar refractivity (Wildman–Crippen MR) is 103 cm³/mol. The van der Waals surface area contributed by atoms with Gasteiger partial charge in [-0.1, -0.05) is 33.3 Å². The molecule has 4 aliphatic rings. The molecule has 3 fully saturated rings.